The molecule has 0 amide bonds. The van der Waals surface area contributed by atoms with Gasteiger partial charge in [0.05, 0.1) is 21.2 Å². The number of halogens is 4. The lowest BCUT2D eigenvalue weighted by atomic mass is 10.2. The maximum absolute atomic E-state index is 13.0. The number of nitrogens with one attached hydrogen (secondary N) is 1. The van der Waals surface area contributed by atoms with Gasteiger partial charge in [-0.3, -0.25) is 4.72 Å². The number of sulfone groups is 1. The molecule has 0 bridgehead atoms. The van der Waals surface area contributed by atoms with Crippen LogP contribution in [0.4, 0.5) is 18.9 Å². The Morgan fingerprint density at radius 3 is 2.16 bits per heavy atom. The molecule has 5 nitrogen and oxygen atoms in total. The smallest absolute Gasteiger partial charge is 0.279 e. The molecule has 0 fully saturated rings. The summed E-state index contributed by atoms with van der Waals surface area (Å²) in [5, 5.41) is -0.329. The van der Waals surface area contributed by atoms with Gasteiger partial charge in [-0.05, 0) is 30.3 Å². The van der Waals surface area contributed by atoms with Crippen LogP contribution in [0.3, 0.4) is 0 Å². The molecule has 2 aromatic carbocycles. The normalized spacial score (nSPS) is 12.8. The van der Waals surface area contributed by atoms with Gasteiger partial charge in [0, 0.05) is 6.26 Å². The van der Waals surface area contributed by atoms with Crippen LogP contribution in [0.5, 0.6) is 0 Å². The third-order valence-corrected chi connectivity index (χ3v) is 6.05. The quantitative estimate of drug-likeness (QED) is 0.831. The highest BCUT2D eigenvalue weighted by Crippen LogP contribution is 2.36. The Balaban J connectivity index is 2.56. The average molecular weight is 414 g/mol. The Morgan fingerprint density at radius 1 is 1.00 bits per heavy atom. The van der Waals surface area contributed by atoms with E-state index in [2.05, 4.69) is 0 Å². The van der Waals surface area contributed by atoms with Crippen LogP contribution in [0.15, 0.2) is 52.3 Å². The molecule has 0 atom stereocenters. The lowest BCUT2D eigenvalue weighted by Gasteiger charge is -2.15. The van der Waals surface area contributed by atoms with E-state index in [-0.39, 0.29) is 9.92 Å². The number of para-hydroxylation sites is 1. The van der Waals surface area contributed by atoms with Gasteiger partial charge in [0.1, 0.15) is 4.90 Å². The van der Waals surface area contributed by atoms with Crippen molar-refractivity contribution in [3.05, 3.63) is 53.1 Å². The van der Waals surface area contributed by atoms with E-state index in [4.69, 9.17) is 11.6 Å². The van der Waals surface area contributed by atoms with Gasteiger partial charge in [-0.1, -0.05) is 23.7 Å². The minimum Gasteiger partial charge on any atom is -0.279 e. The first-order valence-electron chi connectivity index (χ1n) is 6.51. The molecule has 0 spiro atoms. The summed E-state index contributed by atoms with van der Waals surface area (Å²) >= 11 is 5.79. The second kappa shape index (κ2) is 6.50. The highest BCUT2D eigenvalue weighted by Gasteiger charge is 2.34. The van der Waals surface area contributed by atoms with Crippen molar-refractivity contribution < 1.29 is 30.0 Å². The minimum atomic E-state index is -4.78. The molecule has 11 heteroatoms. The van der Waals surface area contributed by atoms with Crippen molar-refractivity contribution in [2.75, 3.05) is 11.0 Å². The van der Waals surface area contributed by atoms with E-state index in [0.717, 1.165) is 36.6 Å². The van der Waals surface area contributed by atoms with Gasteiger partial charge in [-0.2, -0.15) is 13.2 Å². The number of rotatable bonds is 4. The second-order valence-electron chi connectivity index (χ2n) is 5.01. The van der Waals surface area contributed by atoms with Crippen LogP contribution in [0.25, 0.3) is 0 Å². The Hall–Kier alpha value is -1.78. The highest BCUT2D eigenvalue weighted by molar-refractivity contribution is 7.93. The standard InChI is InChI=1S/C14H11ClF3NO4S2/c1-24(20,21)9-6-7-11(15)13(8-9)25(22,23)19-12-5-3-2-4-10(12)14(16,17)18/h2-8,19H,1H3. The van der Waals surface area contributed by atoms with Crippen LogP contribution in [0.2, 0.25) is 5.02 Å². The van der Waals surface area contributed by atoms with Crippen LogP contribution in [-0.4, -0.2) is 23.1 Å². The van der Waals surface area contributed by atoms with E-state index in [0.29, 0.717) is 6.07 Å². The highest BCUT2D eigenvalue weighted by atomic mass is 35.5. The first-order chi connectivity index (χ1) is 11.3. The molecule has 25 heavy (non-hydrogen) atoms. The topological polar surface area (TPSA) is 80.3 Å². The van der Waals surface area contributed by atoms with Crippen molar-refractivity contribution >= 4 is 37.1 Å². The number of hydrogen-bond acceptors (Lipinski definition) is 4. The maximum atomic E-state index is 13.0. The van der Waals surface area contributed by atoms with Crippen molar-refractivity contribution in [1.29, 1.82) is 0 Å². The van der Waals surface area contributed by atoms with E-state index < -0.39 is 42.2 Å². The number of benzene rings is 2. The summed E-state index contributed by atoms with van der Waals surface area (Å²) < 4.78 is 88.7. The molecule has 2 rings (SSSR count). The van der Waals surface area contributed by atoms with Gasteiger partial charge >= 0.3 is 6.18 Å². The van der Waals surface area contributed by atoms with E-state index in [9.17, 15) is 30.0 Å². The second-order valence-corrected chi connectivity index (χ2v) is 9.09. The minimum absolute atomic E-state index is 0.329. The van der Waals surface area contributed by atoms with E-state index >= 15 is 0 Å². The fourth-order valence-corrected chi connectivity index (χ4v) is 4.27. The predicted octanol–water partition coefficient (Wildman–Crippen LogP) is 3.56. The Kier molecular flexibility index (Phi) is 5.08. The molecule has 0 aliphatic heterocycles. The van der Waals surface area contributed by atoms with Crippen molar-refractivity contribution in [3.8, 4) is 0 Å². The third kappa shape index (κ3) is 4.44. The lowest BCUT2D eigenvalue weighted by Crippen LogP contribution is -2.18. The van der Waals surface area contributed by atoms with Crippen LogP contribution < -0.4 is 4.72 Å². The Labute approximate surface area is 147 Å². The molecule has 0 radical (unpaired) electrons. The molecule has 2 aromatic rings. The molecule has 0 aliphatic carbocycles. The van der Waals surface area contributed by atoms with E-state index in [1.165, 1.54) is 6.07 Å². The molecule has 136 valence electrons. The number of sulfonamides is 1. The SMILES string of the molecule is CS(=O)(=O)c1ccc(Cl)c(S(=O)(=O)Nc2ccccc2C(F)(F)F)c1. The molecule has 0 saturated heterocycles. The fourth-order valence-electron chi connectivity index (χ4n) is 1.94. The summed E-state index contributed by atoms with van der Waals surface area (Å²) in [6.07, 6.45) is -3.92. The first kappa shape index (κ1) is 19.5. The molecular formula is C14H11ClF3NO4S2. The molecule has 0 unspecified atom stereocenters. The molecule has 0 heterocycles. The van der Waals surface area contributed by atoms with Gasteiger partial charge in [0.15, 0.2) is 9.84 Å². The van der Waals surface area contributed by atoms with Crippen molar-refractivity contribution in [3.63, 3.8) is 0 Å². The largest absolute Gasteiger partial charge is 0.418 e. The maximum Gasteiger partial charge on any atom is 0.418 e. The summed E-state index contributed by atoms with van der Waals surface area (Å²) in [6.45, 7) is 0. The average Bonchev–Trinajstić information content (AvgIpc) is 2.45. The molecule has 0 aliphatic rings. The number of anilines is 1. The molecule has 1 N–H and O–H groups in total. The van der Waals surface area contributed by atoms with Gasteiger partial charge in [0.25, 0.3) is 10.0 Å². The lowest BCUT2D eigenvalue weighted by molar-refractivity contribution is -0.136. The van der Waals surface area contributed by atoms with Crippen molar-refractivity contribution in [2.24, 2.45) is 0 Å². The van der Waals surface area contributed by atoms with Crippen LogP contribution >= 0.6 is 11.6 Å². The molecule has 0 aromatic heterocycles. The summed E-state index contributed by atoms with van der Waals surface area (Å²) in [6, 6.07) is 6.92. The van der Waals surface area contributed by atoms with Gasteiger partial charge < -0.3 is 0 Å². The summed E-state index contributed by atoms with van der Waals surface area (Å²) in [5.74, 6) is 0. The zero-order valence-electron chi connectivity index (χ0n) is 12.5. The Morgan fingerprint density at radius 2 is 1.60 bits per heavy atom. The monoisotopic (exact) mass is 413 g/mol. The third-order valence-electron chi connectivity index (χ3n) is 3.10. The zero-order valence-corrected chi connectivity index (χ0v) is 14.9. The van der Waals surface area contributed by atoms with Gasteiger partial charge in [-0.25, -0.2) is 16.8 Å². The number of alkyl halides is 3. The first-order valence-corrected chi connectivity index (χ1v) is 10.3. The zero-order chi connectivity index (χ0) is 19.0. The van der Waals surface area contributed by atoms with Gasteiger partial charge in [0.2, 0.25) is 0 Å². The van der Waals surface area contributed by atoms with E-state index in [1.54, 1.807) is 4.72 Å². The predicted molar refractivity (Wildman–Crippen MR) is 86.8 cm³/mol. The summed E-state index contributed by atoms with van der Waals surface area (Å²) in [5.41, 5.74) is -1.88. The summed E-state index contributed by atoms with van der Waals surface area (Å²) in [7, 11) is -8.29. The summed E-state index contributed by atoms with van der Waals surface area (Å²) in [4.78, 5) is -0.976. The van der Waals surface area contributed by atoms with Crippen LogP contribution in [0.1, 0.15) is 5.56 Å². The van der Waals surface area contributed by atoms with Crippen molar-refractivity contribution in [2.45, 2.75) is 16.0 Å². The van der Waals surface area contributed by atoms with E-state index in [1.807, 2.05) is 0 Å². The van der Waals surface area contributed by atoms with Crippen LogP contribution in [0, 0.1) is 0 Å². The van der Waals surface area contributed by atoms with Crippen LogP contribution in [-0.2, 0) is 26.0 Å². The molecular weight excluding hydrogens is 403 g/mol. The molecule has 0 saturated carbocycles. The Bertz CT molecular complexity index is 1020. The fraction of sp³-hybridized carbons (Fsp3) is 0.143. The number of hydrogen-bond donors (Lipinski definition) is 1. The van der Waals surface area contributed by atoms with Crippen molar-refractivity contribution in [1.82, 2.24) is 0 Å². The van der Waals surface area contributed by atoms with Gasteiger partial charge in [-0.15, -0.1) is 0 Å².